The number of nitrogens with zero attached hydrogens (tertiary/aromatic N) is 1. The fourth-order valence-electron chi connectivity index (χ4n) is 2.95. The number of nitrogens with two attached hydrogens (primary N) is 1. The van der Waals surface area contributed by atoms with Crippen molar-refractivity contribution in [2.75, 3.05) is 0 Å². The van der Waals surface area contributed by atoms with E-state index in [4.69, 9.17) is 17.3 Å². The third kappa shape index (κ3) is 3.67. The number of allylic oxidation sites excluding steroid dienone is 1. The Kier molecular flexibility index (Phi) is 5.05. The fourth-order valence-corrected chi connectivity index (χ4v) is 4.14. The number of hydrogen-bond acceptors (Lipinski definition) is 3. The van der Waals surface area contributed by atoms with Gasteiger partial charge in [0.2, 0.25) is 0 Å². The second kappa shape index (κ2) is 7.60. The lowest BCUT2D eigenvalue weighted by atomic mass is 10.2. The molecular weight excluding hydrogens is 362 g/mol. The minimum atomic E-state index is 0.558. The molecule has 26 heavy (non-hydrogen) atoms. The summed E-state index contributed by atoms with van der Waals surface area (Å²) >= 11 is 8.23. The predicted octanol–water partition coefficient (Wildman–Crippen LogP) is 6.07. The summed E-state index contributed by atoms with van der Waals surface area (Å²) in [4.78, 5) is 9.21. The van der Waals surface area contributed by atoms with Crippen molar-refractivity contribution in [1.82, 2.24) is 4.98 Å². The average Bonchev–Trinajstić information content (AvgIpc) is 3.43. The summed E-state index contributed by atoms with van der Waals surface area (Å²) in [6, 6.07) is 14.4. The first-order valence-corrected chi connectivity index (χ1v) is 10.0. The normalized spacial score (nSPS) is 15.2. The predicted molar refractivity (Wildman–Crippen MR) is 112 cm³/mol. The Bertz CT molecular complexity index is 972. The molecular formula is C21H20ClN3S. The van der Waals surface area contributed by atoms with Crippen LogP contribution in [-0.2, 0) is 5.75 Å². The fraction of sp³-hybridized carbons (Fsp3) is 0.190. The maximum atomic E-state index is 6.42. The number of nitrogens with one attached hydrogen (secondary N) is 1. The van der Waals surface area contributed by atoms with Crippen molar-refractivity contribution in [3.63, 3.8) is 0 Å². The Hall–Kier alpha value is -2.17. The largest absolute Gasteiger partial charge is 0.404 e. The van der Waals surface area contributed by atoms with E-state index in [0.717, 1.165) is 27.9 Å². The van der Waals surface area contributed by atoms with E-state index in [-0.39, 0.29) is 0 Å². The van der Waals surface area contributed by atoms with Crippen LogP contribution in [0.1, 0.15) is 18.4 Å². The first-order chi connectivity index (χ1) is 12.8. The summed E-state index contributed by atoms with van der Waals surface area (Å²) in [7, 11) is 0. The van der Waals surface area contributed by atoms with Crippen LogP contribution in [0.2, 0.25) is 5.02 Å². The van der Waals surface area contributed by atoms with Crippen LogP contribution in [0.25, 0.3) is 10.9 Å². The highest BCUT2D eigenvalue weighted by Crippen LogP contribution is 2.39. The summed E-state index contributed by atoms with van der Waals surface area (Å²) in [5.41, 5.74) is 9.87. The quantitative estimate of drug-likeness (QED) is 0.402. The molecule has 0 unspecified atom stereocenters. The van der Waals surface area contributed by atoms with Crippen molar-refractivity contribution in [1.29, 1.82) is 0 Å². The maximum absolute atomic E-state index is 6.42. The van der Waals surface area contributed by atoms with Crippen LogP contribution >= 0.6 is 23.4 Å². The molecule has 0 aliphatic heterocycles. The van der Waals surface area contributed by atoms with Gasteiger partial charge >= 0.3 is 0 Å². The zero-order valence-corrected chi connectivity index (χ0v) is 15.9. The van der Waals surface area contributed by atoms with Gasteiger partial charge in [-0.15, -0.1) is 11.8 Å². The lowest BCUT2D eigenvalue weighted by Crippen LogP contribution is -1.92. The SMILES string of the molecule is N/C=C(\C=Nc1c(Cl)ccc2c(SCc3ccccc3)c[nH]c12)C1CC1. The van der Waals surface area contributed by atoms with Gasteiger partial charge in [0.05, 0.1) is 10.5 Å². The van der Waals surface area contributed by atoms with Gasteiger partial charge in [-0.05, 0) is 42.2 Å². The molecule has 3 N–H and O–H groups in total. The van der Waals surface area contributed by atoms with Gasteiger partial charge in [-0.25, -0.2) is 0 Å². The molecule has 1 saturated carbocycles. The highest BCUT2D eigenvalue weighted by Gasteiger charge is 2.24. The molecule has 5 heteroatoms. The average molecular weight is 382 g/mol. The molecule has 0 radical (unpaired) electrons. The first-order valence-electron chi connectivity index (χ1n) is 8.68. The monoisotopic (exact) mass is 381 g/mol. The van der Waals surface area contributed by atoms with E-state index in [2.05, 4.69) is 40.3 Å². The topological polar surface area (TPSA) is 54.2 Å². The van der Waals surface area contributed by atoms with Crippen LogP contribution < -0.4 is 5.73 Å². The van der Waals surface area contributed by atoms with E-state index in [0.29, 0.717) is 10.9 Å². The summed E-state index contributed by atoms with van der Waals surface area (Å²) in [5.74, 6) is 1.49. The summed E-state index contributed by atoms with van der Waals surface area (Å²) in [6.45, 7) is 0. The van der Waals surface area contributed by atoms with Crippen LogP contribution in [0.3, 0.4) is 0 Å². The molecule has 132 valence electrons. The summed E-state index contributed by atoms with van der Waals surface area (Å²) in [6.07, 6.45) is 7.93. The van der Waals surface area contributed by atoms with Crippen molar-refractivity contribution in [3.05, 3.63) is 71.0 Å². The Morgan fingerprint density at radius 3 is 2.77 bits per heavy atom. The van der Waals surface area contributed by atoms with Gasteiger partial charge in [-0.3, -0.25) is 4.99 Å². The Morgan fingerprint density at radius 1 is 1.23 bits per heavy atom. The minimum Gasteiger partial charge on any atom is -0.404 e. The molecule has 3 aromatic rings. The molecule has 4 rings (SSSR count). The standard InChI is InChI=1S/C21H20ClN3S/c22-18-9-8-17-19(26-13-14-4-2-1-3-5-14)12-25-20(17)21(18)24-11-16(10-23)15-6-7-15/h1-5,8-12,15,25H,6-7,13,23H2/b16-10+,24-11?. The van der Waals surface area contributed by atoms with Gasteiger partial charge in [-0.2, -0.15) is 0 Å². The Morgan fingerprint density at radius 2 is 2.04 bits per heavy atom. The molecule has 1 fully saturated rings. The number of H-pyrrole nitrogens is 1. The van der Waals surface area contributed by atoms with Crippen LogP contribution in [0.4, 0.5) is 5.69 Å². The number of fused-ring (bicyclic) bond motifs is 1. The Balaban J connectivity index is 1.61. The van der Waals surface area contributed by atoms with Crippen LogP contribution in [0.5, 0.6) is 0 Å². The molecule has 1 aromatic heterocycles. The molecule has 1 heterocycles. The number of hydrogen-bond donors (Lipinski definition) is 2. The number of rotatable bonds is 6. The molecule has 0 bridgehead atoms. The zero-order chi connectivity index (χ0) is 17.9. The maximum Gasteiger partial charge on any atom is 0.106 e. The smallest absolute Gasteiger partial charge is 0.106 e. The third-order valence-electron chi connectivity index (χ3n) is 4.56. The van der Waals surface area contributed by atoms with Crippen LogP contribution in [0, 0.1) is 5.92 Å². The second-order valence-corrected chi connectivity index (χ2v) is 7.87. The van der Waals surface area contributed by atoms with Gasteiger partial charge in [0.1, 0.15) is 5.69 Å². The number of halogens is 1. The molecule has 3 nitrogen and oxygen atoms in total. The van der Waals surface area contributed by atoms with E-state index in [1.807, 2.05) is 36.3 Å². The van der Waals surface area contributed by atoms with Gasteiger partial charge in [0.15, 0.2) is 0 Å². The van der Waals surface area contributed by atoms with Crippen molar-refractivity contribution < 1.29 is 0 Å². The molecule has 0 saturated heterocycles. The van der Waals surface area contributed by atoms with E-state index in [1.54, 1.807) is 6.20 Å². The number of benzene rings is 2. The zero-order valence-electron chi connectivity index (χ0n) is 14.3. The van der Waals surface area contributed by atoms with Gasteiger partial charge in [0, 0.05) is 28.4 Å². The van der Waals surface area contributed by atoms with E-state index in [9.17, 15) is 0 Å². The molecule has 0 amide bonds. The van der Waals surface area contributed by atoms with Crippen molar-refractivity contribution >= 4 is 46.2 Å². The van der Waals surface area contributed by atoms with Gasteiger partial charge < -0.3 is 10.7 Å². The molecule has 1 aliphatic carbocycles. The van der Waals surface area contributed by atoms with E-state index < -0.39 is 0 Å². The van der Waals surface area contributed by atoms with E-state index in [1.165, 1.54) is 23.3 Å². The number of aromatic amines is 1. The van der Waals surface area contributed by atoms with Gasteiger partial charge in [0.25, 0.3) is 0 Å². The van der Waals surface area contributed by atoms with E-state index >= 15 is 0 Å². The van der Waals surface area contributed by atoms with Gasteiger partial charge in [-0.1, -0.05) is 48.0 Å². The van der Waals surface area contributed by atoms with Crippen LogP contribution in [-0.4, -0.2) is 11.2 Å². The highest BCUT2D eigenvalue weighted by molar-refractivity contribution is 7.98. The van der Waals surface area contributed by atoms with Crippen LogP contribution in [0.15, 0.2) is 70.3 Å². The lowest BCUT2D eigenvalue weighted by molar-refractivity contribution is 1.07. The second-order valence-electron chi connectivity index (χ2n) is 6.44. The number of thioether (sulfide) groups is 1. The molecule has 0 spiro atoms. The third-order valence-corrected chi connectivity index (χ3v) is 5.99. The molecule has 1 aliphatic rings. The van der Waals surface area contributed by atoms with Crippen molar-refractivity contribution in [3.8, 4) is 0 Å². The first kappa shape index (κ1) is 17.3. The summed E-state index contributed by atoms with van der Waals surface area (Å²) < 4.78 is 0. The number of aliphatic imine (C=N–C) groups is 1. The molecule has 0 atom stereocenters. The summed E-state index contributed by atoms with van der Waals surface area (Å²) in [5, 5.41) is 1.79. The minimum absolute atomic E-state index is 0.558. The lowest BCUT2D eigenvalue weighted by Gasteiger charge is -2.04. The van der Waals surface area contributed by atoms with Crippen molar-refractivity contribution in [2.24, 2.45) is 16.6 Å². The van der Waals surface area contributed by atoms with Crippen molar-refractivity contribution in [2.45, 2.75) is 23.5 Å². The Labute approximate surface area is 162 Å². The number of aromatic nitrogens is 1. The highest BCUT2D eigenvalue weighted by atomic mass is 35.5. The molecule has 2 aromatic carbocycles.